The van der Waals surface area contributed by atoms with Gasteiger partial charge in [0.25, 0.3) is 10.2 Å². The summed E-state index contributed by atoms with van der Waals surface area (Å²) < 4.78 is 26.9. The summed E-state index contributed by atoms with van der Waals surface area (Å²) in [4.78, 5) is 2.32. The lowest BCUT2D eigenvalue weighted by Crippen LogP contribution is -2.52. The van der Waals surface area contributed by atoms with Gasteiger partial charge in [-0.25, -0.2) is 4.72 Å². The van der Waals surface area contributed by atoms with Gasteiger partial charge >= 0.3 is 0 Å². The van der Waals surface area contributed by atoms with E-state index in [2.05, 4.69) is 30.4 Å². The number of hydrogen-bond acceptors (Lipinski definition) is 3. The summed E-state index contributed by atoms with van der Waals surface area (Å²) in [6.07, 6.45) is 0. The van der Waals surface area contributed by atoms with Crippen LogP contribution in [0.5, 0.6) is 0 Å². The lowest BCUT2D eigenvalue weighted by atomic mass is 9.96. The van der Waals surface area contributed by atoms with Crippen LogP contribution >= 0.6 is 0 Å². The third kappa shape index (κ3) is 4.01. The first-order valence-corrected chi connectivity index (χ1v) is 7.09. The molecule has 0 saturated carbocycles. The molecule has 0 atom stereocenters. The molecule has 0 aromatic rings. The molecule has 0 unspecified atom stereocenters. The SMILES string of the molecule is CNS(=O)(=O)N1CCN(CC(C)(C)C)CC1. The van der Waals surface area contributed by atoms with Crippen molar-refractivity contribution in [2.24, 2.45) is 5.41 Å². The number of hydrogen-bond donors (Lipinski definition) is 1. The fraction of sp³-hybridized carbons (Fsp3) is 1.00. The molecule has 16 heavy (non-hydrogen) atoms. The molecule has 1 fully saturated rings. The molecule has 0 aromatic heterocycles. The molecule has 1 aliphatic rings. The van der Waals surface area contributed by atoms with E-state index >= 15 is 0 Å². The third-order valence-electron chi connectivity index (χ3n) is 2.63. The minimum absolute atomic E-state index is 0.268. The van der Waals surface area contributed by atoms with Crippen LogP contribution in [0.2, 0.25) is 0 Å². The summed E-state index contributed by atoms with van der Waals surface area (Å²) in [7, 11) is -1.78. The Morgan fingerprint density at radius 2 is 1.62 bits per heavy atom. The first-order valence-electron chi connectivity index (χ1n) is 5.65. The normalized spacial score (nSPS) is 21.2. The Bertz CT molecular complexity index is 313. The lowest BCUT2D eigenvalue weighted by Gasteiger charge is -2.36. The van der Waals surface area contributed by atoms with Crippen LogP contribution in [0.4, 0.5) is 0 Å². The zero-order chi connectivity index (χ0) is 12.4. The van der Waals surface area contributed by atoms with Crippen molar-refractivity contribution in [3.63, 3.8) is 0 Å². The smallest absolute Gasteiger partial charge is 0.279 e. The monoisotopic (exact) mass is 249 g/mol. The first kappa shape index (κ1) is 13.9. The molecule has 0 bridgehead atoms. The van der Waals surface area contributed by atoms with E-state index in [1.54, 1.807) is 0 Å². The van der Waals surface area contributed by atoms with Crippen LogP contribution in [0.25, 0.3) is 0 Å². The van der Waals surface area contributed by atoms with Gasteiger partial charge in [-0.05, 0) is 5.41 Å². The molecular formula is C10H23N3O2S. The second-order valence-corrected chi connectivity index (χ2v) is 7.32. The Hall–Kier alpha value is -0.170. The minimum atomic E-state index is -3.23. The molecule has 1 heterocycles. The van der Waals surface area contributed by atoms with Gasteiger partial charge in [0.2, 0.25) is 0 Å². The highest BCUT2D eigenvalue weighted by Gasteiger charge is 2.27. The van der Waals surface area contributed by atoms with Gasteiger partial charge in [0, 0.05) is 39.8 Å². The van der Waals surface area contributed by atoms with Crippen LogP contribution in [-0.4, -0.2) is 57.4 Å². The maximum Gasteiger partial charge on any atom is 0.279 e. The van der Waals surface area contributed by atoms with Crippen LogP contribution in [0.1, 0.15) is 20.8 Å². The van der Waals surface area contributed by atoms with Gasteiger partial charge in [-0.3, -0.25) is 0 Å². The van der Waals surface area contributed by atoms with Crippen LogP contribution in [0.15, 0.2) is 0 Å². The average Bonchev–Trinajstić information content (AvgIpc) is 2.16. The summed E-state index contributed by atoms with van der Waals surface area (Å²) >= 11 is 0. The van der Waals surface area contributed by atoms with Gasteiger partial charge in [-0.2, -0.15) is 12.7 Å². The van der Waals surface area contributed by atoms with Gasteiger partial charge in [0.15, 0.2) is 0 Å². The summed E-state index contributed by atoms with van der Waals surface area (Å²) in [5.74, 6) is 0. The van der Waals surface area contributed by atoms with Gasteiger partial charge in [0.05, 0.1) is 0 Å². The van der Waals surface area contributed by atoms with E-state index in [0.29, 0.717) is 13.1 Å². The van der Waals surface area contributed by atoms with Crippen molar-refractivity contribution in [2.45, 2.75) is 20.8 Å². The Labute approximate surface area is 99.0 Å². The van der Waals surface area contributed by atoms with Gasteiger partial charge in [0.1, 0.15) is 0 Å². The van der Waals surface area contributed by atoms with Gasteiger partial charge in [-0.15, -0.1) is 0 Å². The number of nitrogens with zero attached hydrogens (tertiary/aromatic N) is 2. The molecule has 1 rings (SSSR count). The average molecular weight is 249 g/mol. The van der Waals surface area contributed by atoms with Crippen molar-refractivity contribution in [1.29, 1.82) is 0 Å². The predicted octanol–water partition coefficient (Wildman–Crippen LogP) is 0.114. The maximum atomic E-state index is 11.5. The molecule has 0 amide bonds. The fourth-order valence-corrected chi connectivity index (χ4v) is 2.83. The van der Waals surface area contributed by atoms with E-state index in [-0.39, 0.29) is 5.41 Å². The van der Waals surface area contributed by atoms with Crippen molar-refractivity contribution in [3.8, 4) is 0 Å². The highest BCUT2D eigenvalue weighted by Crippen LogP contribution is 2.16. The molecule has 0 aliphatic carbocycles. The fourth-order valence-electron chi connectivity index (χ4n) is 1.93. The second-order valence-electron chi connectivity index (χ2n) is 5.45. The summed E-state index contributed by atoms with van der Waals surface area (Å²) in [5.41, 5.74) is 0.268. The zero-order valence-electron chi connectivity index (χ0n) is 10.7. The molecule has 1 aliphatic heterocycles. The Kier molecular flexibility index (Phi) is 4.34. The van der Waals surface area contributed by atoms with Crippen molar-refractivity contribution < 1.29 is 8.42 Å². The van der Waals surface area contributed by atoms with Gasteiger partial charge in [-0.1, -0.05) is 20.8 Å². The van der Waals surface area contributed by atoms with E-state index < -0.39 is 10.2 Å². The summed E-state index contributed by atoms with van der Waals surface area (Å²) in [6, 6.07) is 0. The van der Waals surface area contributed by atoms with Crippen LogP contribution in [-0.2, 0) is 10.2 Å². The maximum absolute atomic E-state index is 11.5. The second kappa shape index (κ2) is 5.00. The molecule has 1 saturated heterocycles. The third-order valence-corrected chi connectivity index (χ3v) is 4.19. The quantitative estimate of drug-likeness (QED) is 0.772. The van der Waals surface area contributed by atoms with Crippen LogP contribution in [0, 0.1) is 5.41 Å². The number of rotatable bonds is 3. The van der Waals surface area contributed by atoms with Gasteiger partial charge < -0.3 is 4.90 Å². The van der Waals surface area contributed by atoms with Crippen molar-refractivity contribution in [3.05, 3.63) is 0 Å². The van der Waals surface area contributed by atoms with Crippen molar-refractivity contribution in [1.82, 2.24) is 13.9 Å². The van der Waals surface area contributed by atoms with E-state index in [9.17, 15) is 8.42 Å². The van der Waals surface area contributed by atoms with E-state index in [0.717, 1.165) is 19.6 Å². The molecule has 0 radical (unpaired) electrons. The Morgan fingerprint density at radius 1 is 1.12 bits per heavy atom. The molecule has 1 N–H and O–H groups in total. The number of nitrogens with one attached hydrogen (secondary N) is 1. The minimum Gasteiger partial charge on any atom is -0.300 e. The predicted molar refractivity (Wildman–Crippen MR) is 65.4 cm³/mol. The van der Waals surface area contributed by atoms with Crippen LogP contribution < -0.4 is 4.72 Å². The lowest BCUT2D eigenvalue weighted by molar-refractivity contribution is 0.140. The first-order chi connectivity index (χ1) is 7.24. The topological polar surface area (TPSA) is 52.7 Å². The molecular weight excluding hydrogens is 226 g/mol. The summed E-state index contributed by atoms with van der Waals surface area (Å²) in [5, 5.41) is 0. The zero-order valence-corrected chi connectivity index (χ0v) is 11.5. The molecule has 96 valence electrons. The molecule has 6 heteroatoms. The Morgan fingerprint density at radius 3 is 2.00 bits per heavy atom. The largest absolute Gasteiger partial charge is 0.300 e. The summed E-state index contributed by atoms with van der Waals surface area (Å²) in [6.45, 7) is 10.4. The molecule has 0 spiro atoms. The standard InChI is InChI=1S/C10H23N3O2S/c1-10(2,3)9-12-5-7-13(8-6-12)16(14,15)11-4/h11H,5-9H2,1-4H3. The van der Waals surface area contributed by atoms with E-state index in [1.807, 2.05) is 0 Å². The van der Waals surface area contributed by atoms with E-state index in [1.165, 1.54) is 11.4 Å². The van der Waals surface area contributed by atoms with E-state index in [4.69, 9.17) is 0 Å². The van der Waals surface area contributed by atoms with Crippen molar-refractivity contribution in [2.75, 3.05) is 39.8 Å². The van der Waals surface area contributed by atoms with Crippen LogP contribution in [0.3, 0.4) is 0 Å². The highest BCUT2D eigenvalue weighted by atomic mass is 32.2. The Balaban J connectivity index is 2.46. The van der Waals surface area contributed by atoms with Crippen molar-refractivity contribution >= 4 is 10.2 Å². The number of piperazine rings is 1. The molecule has 5 nitrogen and oxygen atoms in total. The molecule has 0 aromatic carbocycles. The highest BCUT2D eigenvalue weighted by molar-refractivity contribution is 7.87.